The maximum Gasteiger partial charge on any atom is 0.311 e. The van der Waals surface area contributed by atoms with Crippen molar-refractivity contribution >= 4 is 11.9 Å². The van der Waals surface area contributed by atoms with Gasteiger partial charge in [-0.1, -0.05) is 20.8 Å². The van der Waals surface area contributed by atoms with E-state index in [1.54, 1.807) is 41.5 Å². The maximum absolute atomic E-state index is 14.2. The van der Waals surface area contributed by atoms with E-state index in [1.165, 1.54) is 28.1 Å². The summed E-state index contributed by atoms with van der Waals surface area (Å²) in [7, 11) is 6.72. The van der Waals surface area contributed by atoms with Crippen LogP contribution in [-0.2, 0) is 47.5 Å². The van der Waals surface area contributed by atoms with E-state index in [2.05, 4.69) is 0 Å². The molecule has 0 saturated carbocycles. The van der Waals surface area contributed by atoms with Crippen molar-refractivity contribution in [2.45, 2.75) is 185 Å². The van der Waals surface area contributed by atoms with Gasteiger partial charge in [0.25, 0.3) is 0 Å². The molecule has 0 radical (unpaired) electrons. The van der Waals surface area contributed by atoms with Crippen molar-refractivity contribution in [2.24, 2.45) is 17.8 Å². The smallest absolute Gasteiger partial charge is 0.311 e. The number of hydrogen-bond donors (Lipinski definition) is 4. The molecule has 0 aromatic heterocycles. The Labute approximate surface area is 315 Å². The van der Waals surface area contributed by atoms with Crippen LogP contribution in [0.3, 0.4) is 0 Å². The average molecular weight is 764 g/mol. The highest BCUT2D eigenvalue weighted by atomic mass is 16.7. The van der Waals surface area contributed by atoms with Gasteiger partial charge in [0, 0.05) is 32.6 Å². The number of esters is 2. The van der Waals surface area contributed by atoms with Crippen LogP contribution >= 0.6 is 0 Å². The minimum atomic E-state index is -2.01. The van der Waals surface area contributed by atoms with E-state index >= 15 is 0 Å². The van der Waals surface area contributed by atoms with Gasteiger partial charge in [-0.2, -0.15) is 0 Å². The first-order chi connectivity index (χ1) is 24.5. The first-order valence-corrected chi connectivity index (χ1v) is 19.0. The first-order valence-electron chi connectivity index (χ1n) is 19.0. The number of aliphatic hydroxyl groups is 4. The normalized spacial score (nSPS) is 48.4. The number of cyclic esters (lactones) is 2. The molecule has 15 nitrogen and oxygen atoms in total. The molecule has 0 aliphatic carbocycles. The Bertz CT molecular complexity index is 1210. The van der Waals surface area contributed by atoms with Gasteiger partial charge in [-0.15, -0.1) is 0 Å². The minimum Gasteiger partial charge on any atom is -0.460 e. The van der Waals surface area contributed by atoms with Crippen LogP contribution in [0.5, 0.6) is 0 Å². The van der Waals surface area contributed by atoms with Crippen LogP contribution in [0.15, 0.2) is 0 Å². The molecule has 3 aliphatic heterocycles. The summed E-state index contributed by atoms with van der Waals surface area (Å²) in [5.41, 5.74) is -4.34. The minimum absolute atomic E-state index is 0.0417. The van der Waals surface area contributed by atoms with Gasteiger partial charge in [-0.25, -0.2) is 0 Å². The van der Waals surface area contributed by atoms with Gasteiger partial charge < -0.3 is 63.2 Å². The Kier molecular flexibility index (Phi) is 15.7. The van der Waals surface area contributed by atoms with Crippen LogP contribution in [0.2, 0.25) is 0 Å². The van der Waals surface area contributed by atoms with E-state index in [0.29, 0.717) is 6.42 Å². The summed E-state index contributed by atoms with van der Waals surface area (Å²) < 4.78 is 49.5. The van der Waals surface area contributed by atoms with Crippen molar-refractivity contribution in [1.82, 2.24) is 4.90 Å². The Morgan fingerprint density at radius 3 is 1.96 bits per heavy atom. The van der Waals surface area contributed by atoms with E-state index in [9.17, 15) is 30.0 Å². The summed E-state index contributed by atoms with van der Waals surface area (Å²) in [6.07, 6.45) is -10.3. The second-order valence-corrected chi connectivity index (χ2v) is 16.6. The Hall–Kier alpha value is -1.50. The van der Waals surface area contributed by atoms with Gasteiger partial charge in [0.1, 0.15) is 36.1 Å². The molecule has 18 atom stereocenters. The van der Waals surface area contributed by atoms with Crippen LogP contribution in [0.4, 0.5) is 0 Å². The zero-order valence-electron chi connectivity index (χ0n) is 34.3. The Balaban J connectivity index is 2.22. The molecule has 0 bridgehead atoms. The molecule has 15 heteroatoms. The topological polar surface area (TPSA) is 192 Å². The SMILES string of the molecule is CC[C@H]1OC(=O)[C@H](C)[C@@H](O[C@H]2C[C@@](C)(OC)[C@@H](O)[C@H](C)O2)[C@H](C)[C@@H](O[C@@H]2O[C@H](C)C[C@H](N(C)C)[C@H]2O)[C@](C)(OC)C[C@@H](C)C(=O)OC(C)[C@@H](O)[C@]1(C)O. The van der Waals surface area contributed by atoms with E-state index < -0.39 is 108 Å². The van der Waals surface area contributed by atoms with Gasteiger partial charge >= 0.3 is 11.9 Å². The number of carbonyl (C=O) groups is 2. The molecule has 3 heterocycles. The van der Waals surface area contributed by atoms with E-state index in [4.69, 9.17) is 37.9 Å². The fraction of sp³-hybridized carbons (Fsp3) is 0.947. The second kappa shape index (κ2) is 18.2. The molecule has 3 fully saturated rings. The van der Waals surface area contributed by atoms with Crippen molar-refractivity contribution in [3.8, 4) is 0 Å². The van der Waals surface area contributed by atoms with Crippen LogP contribution in [0, 0.1) is 17.8 Å². The van der Waals surface area contributed by atoms with Gasteiger partial charge in [-0.05, 0) is 81.8 Å². The van der Waals surface area contributed by atoms with Gasteiger partial charge in [0.2, 0.25) is 0 Å². The number of nitrogens with zero attached hydrogens (tertiary/aromatic N) is 1. The molecule has 53 heavy (non-hydrogen) atoms. The molecule has 0 aromatic carbocycles. The third-order valence-electron chi connectivity index (χ3n) is 12.0. The highest BCUT2D eigenvalue weighted by Gasteiger charge is 2.53. The van der Waals surface area contributed by atoms with Crippen molar-refractivity contribution in [3.05, 3.63) is 0 Å². The molecule has 4 N–H and O–H groups in total. The van der Waals surface area contributed by atoms with Crippen LogP contribution in [0.1, 0.15) is 94.9 Å². The quantitative estimate of drug-likeness (QED) is 0.263. The fourth-order valence-corrected chi connectivity index (χ4v) is 8.30. The molecule has 0 aromatic rings. The third-order valence-corrected chi connectivity index (χ3v) is 12.0. The zero-order valence-corrected chi connectivity index (χ0v) is 34.3. The van der Waals surface area contributed by atoms with Crippen molar-refractivity contribution in [2.75, 3.05) is 28.3 Å². The lowest BCUT2D eigenvalue weighted by Gasteiger charge is -2.49. The van der Waals surface area contributed by atoms with E-state index in [-0.39, 0.29) is 31.4 Å². The summed E-state index contributed by atoms with van der Waals surface area (Å²) in [6.45, 7) is 16.7. The predicted molar refractivity (Wildman–Crippen MR) is 192 cm³/mol. The summed E-state index contributed by atoms with van der Waals surface area (Å²) in [5, 5.41) is 45.3. The second-order valence-electron chi connectivity index (χ2n) is 16.6. The lowest BCUT2D eigenvalue weighted by molar-refractivity contribution is -0.319. The molecule has 3 rings (SSSR count). The Morgan fingerprint density at radius 2 is 1.42 bits per heavy atom. The lowest BCUT2D eigenvalue weighted by Crippen LogP contribution is -2.61. The predicted octanol–water partition coefficient (Wildman–Crippen LogP) is 2.17. The Morgan fingerprint density at radius 1 is 0.811 bits per heavy atom. The monoisotopic (exact) mass is 763 g/mol. The molecular formula is C38H69NO14. The van der Waals surface area contributed by atoms with Crippen molar-refractivity contribution < 1.29 is 67.9 Å². The highest BCUT2D eigenvalue weighted by Crippen LogP contribution is 2.41. The van der Waals surface area contributed by atoms with Crippen molar-refractivity contribution in [1.29, 1.82) is 0 Å². The molecule has 1 unspecified atom stereocenters. The number of carbonyl (C=O) groups excluding carboxylic acids is 2. The first kappa shape index (κ1) is 45.9. The molecule has 310 valence electrons. The van der Waals surface area contributed by atoms with Crippen LogP contribution in [0.25, 0.3) is 0 Å². The van der Waals surface area contributed by atoms with Crippen LogP contribution < -0.4 is 0 Å². The third kappa shape index (κ3) is 10.1. The van der Waals surface area contributed by atoms with E-state index in [0.717, 1.165) is 0 Å². The van der Waals surface area contributed by atoms with Gasteiger partial charge in [-0.3, -0.25) is 9.59 Å². The zero-order chi connectivity index (χ0) is 40.4. The molecular weight excluding hydrogens is 694 g/mol. The average Bonchev–Trinajstić information content (AvgIpc) is 3.09. The van der Waals surface area contributed by atoms with Crippen LogP contribution in [-0.4, -0.2) is 156 Å². The standard InChI is InChI=1S/C38H69NO14/c1-15-26-38(10,45)31(42)24(7)50-33(43)19(2)17-37(9,47-14)32(53-35-28(40)25(39(11)12)16-20(3)48-35)21(4)29(22(5)34(44)51-26)52-27-18-36(8,46-13)30(41)23(6)49-27/h19-32,35,40-42,45H,15-18H2,1-14H3/t19-,20-,21+,22-,23+,24?,25+,26-,27+,28-,29+,30+,31-,32-,35+,36-,37-,38-/m1/s1. The number of hydrogen-bond acceptors (Lipinski definition) is 15. The molecule has 3 aliphatic rings. The number of ether oxygens (including phenoxy) is 8. The maximum atomic E-state index is 14.2. The van der Waals surface area contributed by atoms with E-state index in [1.807, 2.05) is 32.8 Å². The summed E-state index contributed by atoms with van der Waals surface area (Å²) in [6, 6.07) is -0.299. The number of aliphatic hydroxyl groups excluding tert-OH is 3. The summed E-state index contributed by atoms with van der Waals surface area (Å²) in [4.78, 5) is 29.7. The molecule has 0 amide bonds. The fourth-order valence-electron chi connectivity index (χ4n) is 8.30. The van der Waals surface area contributed by atoms with Gasteiger partial charge in [0.05, 0.1) is 47.5 Å². The highest BCUT2D eigenvalue weighted by molar-refractivity contribution is 5.73. The number of rotatable bonds is 8. The largest absolute Gasteiger partial charge is 0.460 e. The number of likely N-dealkylation sites (N-methyl/N-ethyl adjacent to an activating group) is 1. The molecule has 3 saturated heterocycles. The lowest BCUT2D eigenvalue weighted by atomic mass is 9.77. The van der Waals surface area contributed by atoms with Gasteiger partial charge in [0.15, 0.2) is 12.6 Å². The van der Waals surface area contributed by atoms with Crippen molar-refractivity contribution in [3.63, 3.8) is 0 Å². The molecule has 0 spiro atoms. The summed E-state index contributed by atoms with van der Waals surface area (Å²) >= 11 is 0. The summed E-state index contributed by atoms with van der Waals surface area (Å²) in [5.74, 6) is -3.99. The number of methoxy groups -OCH3 is 2.